The van der Waals surface area contributed by atoms with Crippen molar-refractivity contribution in [1.29, 1.82) is 0 Å². The summed E-state index contributed by atoms with van der Waals surface area (Å²) in [4.78, 5) is 8.22. The number of nitrogens with one attached hydrogen (secondary N) is 1. The van der Waals surface area contributed by atoms with Crippen LogP contribution in [0.5, 0.6) is 0 Å². The molecule has 0 amide bonds. The molecule has 1 aromatic rings. The van der Waals surface area contributed by atoms with Crippen molar-refractivity contribution in [3.05, 3.63) is 24.2 Å². The molecule has 1 aromatic heterocycles. The highest BCUT2D eigenvalue weighted by Gasteiger charge is 2.41. The molecule has 2 aliphatic heterocycles. The topological polar surface area (TPSA) is 53.2 Å². The van der Waals surface area contributed by atoms with E-state index in [4.69, 9.17) is 14.1 Å². The average molecular weight is 402 g/mol. The van der Waals surface area contributed by atoms with Gasteiger partial charge in [-0.2, -0.15) is 13.2 Å². The molecule has 0 radical (unpaired) electrons. The number of aliphatic imine (C=N–C) groups is 1. The van der Waals surface area contributed by atoms with E-state index >= 15 is 0 Å². The number of halogens is 3. The van der Waals surface area contributed by atoms with Gasteiger partial charge in [-0.25, -0.2) is 0 Å². The van der Waals surface area contributed by atoms with Crippen LogP contribution in [0.25, 0.3) is 0 Å². The van der Waals surface area contributed by atoms with E-state index in [0.29, 0.717) is 39.3 Å². The lowest BCUT2D eigenvalue weighted by molar-refractivity contribution is -0.181. The Morgan fingerprint density at radius 2 is 2.11 bits per heavy atom. The Balaban J connectivity index is 1.55. The first-order chi connectivity index (χ1) is 13.4. The molecule has 6 nitrogen and oxygen atoms in total. The number of ether oxygens (including phenoxy) is 1. The standard InChI is InChI=1S/C19H29F3N4O2/c1-15(19(20,21)22)25-8-10-26(11-9-25)18(24-14-17-5-3-13-28-17)23-7-6-16-4-2-12-27-16/h2,4,12,15,17H,3,5-11,13-14H2,1H3,(H,23,24). The number of furan rings is 1. The van der Waals surface area contributed by atoms with E-state index < -0.39 is 12.2 Å². The van der Waals surface area contributed by atoms with Crippen LogP contribution < -0.4 is 5.32 Å². The number of rotatable bonds is 6. The number of piperazine rings is 1. The minimum absolute atomic E-state index is 0.133. The highest BCUT2D eigenvalue weighted by atomic mass is 19.4. The van der Waals surface area contributed by atoms with Gasteiger partial charge >= 0.3 is 6.18 Å². The van der Waals surface area contributed by atoms with Crippen LogP contribution in [0.15, 0.2) is 27.8 Å². The molecule has 3 heterocycles. The molecular formula is C19H29F3N4O2. The van der Waals surface area contributed by atoms with Crippen molar-refractivity contribution < 1.29 is 22.3 Å². The fourth-order valence-corrected chi connectivity index (χ4v) is 3.52. The number of hydrogen-bond donors (Lipinski definition) is 1. The molecule has 0 spiro atoms. The second-order valence-electron chi connectivity index (χ2n) is 7.30. The third kappa shape index (κ3) is 5.88. The Morgan fingerprint density at radius 1 is 1.32 bits per heavy atom. The van der Waals surface area contributed by atoms with Gasteiger partial charge in [-0.3, -0.25) is 9.89 Å². The summed E-state index contributed by atoms with van der Waals surface area (Å²) in [6.07, 6.45) is 0.351. The molecule has 158 valence electrons. The van der Waals surface area contributed by atoms with Gasteiger partial charge in [-0.1, -0.05) is 0 Å². The summed E-state index contributed by atoms with van der Waals surface area (Å²) in [5, 5.41) is 3.35. The van der Waals surface area contributed by atoms with Gasteiger partial charge in [0.05, 0.1) is 18.9 Å². The van der Waals surface area contributed by atoms with Crippen LogP contribution in [0.1, 0.15) is 25.5 Å². The van der Waals surface area contributed by atoms with Crippen LogP contribution in [-0.4, -0.2) is 80.0 Å². The molecule has 1 N–H and O–H groups in total. The van der Waals surface area contributed by atoms with Gasteiger partial charge in [0.15, 0.2) is 5.96 Å². The molecule has 2 unspecified atom stereocenters. The lowest BCUT2D eigenvalue weighted by Crippen LogP contribution is -2.57. The second-order valence-corrected chi connectivity index (χ2v) is 7.30. The largest absolute Gasteiger partial charge is 0.469 e. The minimum Gasteiger partial charge on any atom is -0.469 e. The van der Waals surface area contributed by atoms with Crippen LogP contribution in [0.4, 0.5) is 13.2 Å². The Morgan fingerprint density at radius 3 is 2.71 bits per heavy atom. The summed E-state index contributed by atoms with van der Waals surface area (Å²) in [6.45, 7) is 4.97. The van der Waals surface area contributed by atoms with Gasteiger partial charge in [-0.05, 0) is 31.9 Å². The molecule has 2 atom stereocenters. The number of guanidine groups is 1. The molecule has 9 heteroatoms. The fraction of sp³-hybridized carbons (Fsp3) is 0.737. The third-order valence-corrected chi connectivity index (χ3v) is 5.34. The predicted molar refractivity (Wildman–Crippen MR) is 100 cm³/mol. The normalized spacial score (nSPS) is 23.2. The van der Waals surface area contributed by atoms with Crippen molar-refractivity contribution >= 4 is 5.96 Å². The summed E-state index contributed by atoms with van der Waals surface area (Å²) in [5.41, 5.74) is 0. The number of hydrogen-bond acceptors (Lipinski definition) is 4. The van der Waals surface area contributed by atoms with Gasteiger partial charge in [0.2, 0.25) is 0 Å². The first-order valence-corrected chi connectivity index (χ1v) is 9.91. The van der Waals surface area contributed by atoms with Crippen LogP contribution >= 0.6 is 0 Å². The van der Waals surface area contributed by atoms with Gasteiger partial charge in [-0.15, -0.1) is 0 Å². The molecule has 2 fully saturated rings. The van der Waals surface area contributed by atoms with E-state index in [9.17, 15) is 13.2 Å². The molecule has 28 heavy (non-hydrogen) atoms. The zero-order valence-electron chi connectivity index (χ0n) is 16.2. The zero-order chi connectivity index (χ0) is 20.0. The van der Waals surface area contributed by atoms with Gasteiger partial charge in [0, 0.05) is 45.8 Å². The molecule has 2 saturated heterocycles. The Labute approximate surface area is 163 Å². The lowest BCUT2D eigenvalue weighted by Gasteiger charge is -2.39. The van der Waals surface area contributed by atoms with Crippen LogP contribution in [0.3, 0.4) is 0 Å². The summed E-state index contributed by atoms with van der Waals surface area (Å²) < 4.78 is 49.9. The van der Waals surface area contributed by atoms with Crippen molar-refractivity contribution in [1.82, 2.24) is 15.1 Å². The Bertz CT molecular complexity index is 607. The van der Waals surface area contributed by atoms with Crippen molar-refractivity contribution in [2.45, 2.75) is 44.5 Å². The van der Waals surface area contributed by atoms with Crippen LogP contribution in [-0.2, 0) is 11.2 Å². The summed E-state index contributed by atoms with van der Waals surface area (Å²) in [5.74, 6) is 1.62. The van der Waals surface area contributed by atoms with E-state index in [1.165, 1.54) is 11.8 Å². The van der Waals surface area contributed by atoms with E-state index in [1.54, 1.807) is 6.26 Å². The summed E-state index contributed by atoms with van der Waals surface area (Å²) in [7, 11) is 0. The van der Waals surface area contributed by atoms with Crippen LogP contribution in [0.2, 0.25) is 0 Å². The van der Waals surface area contributed by atoms with Crippen molar-refractivity contribution in [3.63, 3.8) is 0 Å². The van der Waals surface area contributed by atoms with E-state index in [1.807, 2.05) is 17.0 Å². The van der Waals surface area contributed by atoms with Crippen molar-refractivity contribution in [2.75, 3.05) is 45.9 Å². The quantitative estimate of drug-likeness (QED) is 0.585. The lowest BCUT2D eigenvalue weighted by atomic mass is 10.2. The molecule has 0 aliphatic carbocycles. The first-order valence-electron chi connectivity index (χ1n) is 9.91. The average Bonchev–Trinajstić information content (AvgIpc) is 3.37. The smallest absolute Gasteiger partial charge is 0.403 e. The molecule has 0 aromatic carbocycles. The van der Waals surface area contributed by atoms with Gasteiger partial charge in [0.25, 0.3) is 0 Å². The molecule has 2 aliphatic rings. The predicted octanol–water partition coefficient (Wildman–Crippen LogP) is 2.52. The molecule has 0 saturated carbocycles. The zero-order valence-corrected chi connectivity index (χ0v) is 16.2. The summed E-state index contributed by atoms with van der Waals surface area (Å²) >= 11 is 0. The highest BCUT2D eigenvalue weighted by molar-refractivity contribution is 5.80. The number of alkyl halides is 3. The maximum Gasteiger partial charge on any atom is 0.403 e. The molecule has 3 rings (SSSR count). The Kier molecular flexibility index (Phi) is 7.23. The minimum atomic E-state index is -4.19. The maximum absolute atomic E-state index is 13.0. The van der Waals surface area contributed by atoms with E-state index in [0.717, 1.165) is 37.6 Å². The van der Waals surface area contributed by atoms with Gasteiger partial charge < -0.3 is 19.4 Å². The second kappa shape index (κ2) is 9.65. The van der Waals surface area contributed by atoms with E-state index in [-0.39, 0.29) is 6.10 Å². The van der Waals surface area contributed by atoms with Crippen molar-refractivity contribution in [3.8, 4) is 0 Å². The third-order valence-electron chi connectivity index (χ3n) is 5.34. The monoisotopic (exact) mass is 402 g/mol. The maximum atomic E-state index is 13.0. The van der Waals surface area contributed by atoms with Crippen molar-refractivity contribution in [2.24, 2.45) is 4.99 Å². The molecular weight excluding hydrogens is 373 g/mol. The SMILES string of the molecule is CC(N1CCN(C(=NCC2CCCO2)NCCc2ccco2)CC1)C(F)(F)F. The fourth-order valence-electron chi connectivity index (χ4n) is 3.52. The summed E-state index contributed by atoms with van der Waals surface area (Å²) in [6, 6.07) is 2.35. The highest BCUT2D eigenvalue weighted by Crippen LogP contribution is 2.25. The van der Waals surface area contributed by atoms with E-state index in [2.05, 4.69) is 5.32 Å². The van der Waals surface area contributed by atoms with Gasteiger partial charge in [0.1, 0.15) is 11.8 Å². The Hall–Kier alpha value is -1.74. The van der Waals surface area contributed by atoms with Crippen LogP contribution in [0, 0.1) is 0 Å². The number of nitrogens with zero attached hydrogens (tertiary/aromatic N) is 3. The first kappa shape index (κ1) is 21.0. The molecule has 0 bridgehead atoms.